The lowest BCUT2D eigenvalue weighted by Gasteiger charge is -2.17. The number of carbonyl (C=O) groups is 1. The van der Waals surface area contributed by atoms with Gasteiger partial charge in [-0.05, 0) is 49.4 Å². The number of halogens is 1. The minimum absolute atomic E-state index is 0.0579. The molecular weight excluding hydrogens is 310 g/mol. The first-order valence-corrected chi connectivity index (χ1v) is 6.86. The monoisotopic (exact) mass is 325 g/mol. The predicted octanol–water partition coefficient (Wildman–Crippen LogP) is 2.01. The number of nitrogens with two attached hydrogens (primary N) is 1. The average molecular weight is 326 g/mol. The lowest BCUT2D eigenvalue weighted by molar-refractivity contribution is 0.0942. The fourth-order valence-electron chi connectivity index (χ4n) is 2.02. The van der Waals surface area contributed by atoms with E-state index in [0.717, 1.165) is 22.9 Å². The predicted molar refractivity (Wildman–Crippen MR) is 76.3 cm³/mol. The van der Waals surface area contributed by atoms with Gasteiger partial charge in [-0.1, -0.05) is 21.1 Å². The molecule has 0 radical (unpaired) electrons. The third-order valence-corrected chi connectivity index (χ3v) is 3.58. The van der Waals surface area contributed by atoms with Crippen LogP contribution in [0.2, 0.25) is 0 Å². The zero-order chi connectivity index (χ0) is 14.0. The topological polar surface area (TPSA) is 87.7 Å². The van der Waals surface area contributed by atoms with E-state index in [1.165, 1.54) is 0 Å². The summed E-state index contributed by atoms with van der Waals surface area (Å²) in [6.07, 6.45) is 1.97. The van der Waals surface area contributed by atoms with Crippen molar-refractivity contribution in [3.63, 3.8) is 0 Å². The van der Waals surface area contributed by atoms with E-state index < -0.39 is 6.04 Å². The van der Waals surface area contributed by atoms with Gasteiger partial charge in [0.15, 0.2) is 5.84 Å². The molecule has 1 fully saturated rings. The molecule has 1 aliphatic rings. The molecule has 0 bridgehead atoms. The summed E-state index contributed by atoms with van der Waals surface area (Å²) in [6.45, 7) is 1.92. The smallest absolute Gasteiger partial charge is 0.251 e. The number of rotatable bonds is 4. The van der Waals surface area contributed by atoms with Crippen LogP contribution in [0.15, 0.2) is 27.8 Å². The maximum absolute atomic E-state index is 12.2. The molecule has 4 N–H and O–H groups in total. The maximum Gasteiger partial charge on any atom is 0.251 e. The van der Waals surface area contributed by atoms with Crippen molar-refractivity contribution in [3.05, 3.63) is 33.8 Å². The first kappa shape index (κ1) is 13.9. The summed E-state index contributed by atoms with van der Waals surface area (Å²) in [5.41, 5.74) is 7.17. The third kappa shape index (κ3) is 3.47. The number of amidine groups is 1. The Bertz CT molecular complexity index is 506. The highest BCUT2D eigenvalue weighted by molar-refractivity contribution is 9.10. The maximum atomic E-state index is 12.2. The molecule has 1 unspecified atom stereocenters. The molecule has 0 spiro atoms. The highest BCUT2D eigenvalue weighted by Gasteiger charge is 2.35. The Morgan fingerprint density at radius 2 is 2.21 bits per heavy atom. The van der Waals surface area contributed by atoms with E-state index in [4.69, 9.17) is 10.9 Å². The molecule has 5 nitrogen and oxygen atoms in total. The van der Waals surface area contributed by atoms with E-state index >= 15 is 0 Å². The summed E-state index contributed by atoms with van der Waals surface area (Å²) in [7, 11) is 0. The van der Waals surface area contributed by atoms with Crippen LogP contribution in [0, 0.1) is 12.8 Å². The summed E-state index contributed by atoms with van der Waals surface area (Å²) in [5.74, 6) is 0.114. The molecule has 1 aliphatic carbocycles. The molecule has 1 saturated carbocycles. The summed E-state index contributed by atoms with van der Waals surface area (Å²) in [6, 6.07) is 5.09. The van der Waals surface area contributed by atoms with E-state index in [9.17, 15) is 4.79 Å². The standard InChI is InChI=1S/C13H16BrN3O2/c1-7-4-9(6-10(14)5-7)13(18)16-11(8-2-3-8)12(15)17-19/h4-6,8,11,19H,2-3H2,1H3,(H2,15,17)(H,16,18). The Kier molecular flexibility index (Phi) is 4.09. The zero-order valence-electron chi connectivity index (χ0n) is 10.6. The molecule has 6 heteroatoms. The molecule has 1 aromatic rings. The van der Waals surface area contributed by atoms with Crippen molar-refractivity contribution < 1.29 is 10.0 Å². The van der Waals surface area contributed by atoms with Gasteiger partial charge < -0.3 is 16.3 Å². The second-order valence-electron chi connectivity index (χ2n) is 4.83. The van der Waals surface area contributed by atoms with Crippen LogP contribution in [0.4, 0.5) is 0 Å². The molecular formula is C13H16BrN3O2. The summed E-state index contributed by atoms with van der Waals surface area (Å²) in [5, 5.41) is 14.6. The van der Waals surface area contributed by atoms with Crippen molar-refractivity contribution in [1.29, 1.82) is 0 Å². The molecule has 1 aromatic carbocycles. The van der Waals surface area contributed by atoms with E-state index in [1.807, 2.05) is 13.0 Å². The number of nitrogens with zero attached hydrogens (tertiary/aromatic N) is 1. The van der Waals surface area contributed by atoms with Crippen molar-refractivity contribution in [1.82, 2.24) is 5.32 Å². The van der Waals surface area contributed by atoms with Gasteiger partial charge in [-0.3, -0.25) is 4.79 Å². The van der Waals surface area contributed by atoms with Gasteiger partial charge in [0, 0.05) is 10.0 Å². The molecule has 102 valence electrons. The average Bonchev–Trinajstić information content (AvgIpc) is 3.17. The van der Waals surface area contributed by atoms with Gasteiger partial charge in [-0.2, -0.15) is 0 Å². The summed E-state index contributed by atoms with van der Waals surface area (Å²) in [4.78, 5) is 12.2. The molecule has 1 amide bonds. The minimum Gasteiger partial charge on any atom is -0.409 e. The number of aryl methyl sites for hydroxylation is 1. The normalized spacial score (nSPS) is 17.1. The highest BCUT2D eigenvalue weighted by atomic mass is 79.9. The lowest BCUT2D eigenvalue weighted by Crippen LogP contribution is -2.46. The largest absolute Gasteiger partial charge is 0.409 e. The Morgan fingerprint density at radius 1 is 1.53 bits per heavy atom. The number of oxime groups is 1. The molecule has 19 heavy (non-hydrogen) atoms. The second-order valence-corrected chi connectivity index (χ2v) is 5.75. The van der Waals surface area contributed by atoms with Gasteiger partial charge in [-0.15, -0.1) is 0 Å². The molecule has 0 heterocycles. The van der Waals surface area contributed by atoms with Crippen molar-refractivity contribution in [3.8, 4) is 0 Å². The SMILES string of the molecule is Cc1cc(Br)cc(C(=O)NC(/C(N)=N/O)C2CC2)c1. The highest BCUT2D eigenvalue weighted by Crippen LogP contribution is 2.33. The fourth-order valence-corrected chi connectivity index (χ4v) is 2.62. The number of nitrogens with one attached hydrogen (secondary N) is 1. The van der Waals surface area contributed by atoms with Gasteiger partial charge in [0.05, 0.1) is 6.04 Å². The number of hydrogen-bond donors (Lipinski definition) is 3. The second kappa shape index (κ2) is 5.61. The van der Waals surface area contributed by atoms with Crippen molar-refractivity contribution >= 4 is 27.7 Å². The molecule has 0 aliphatic heterocycles. The van der Waals surface area contributed by atoms with Gasteiger partial charge in [0.1, 0.15) is 0 Å². The van der Waals surface area contributed by atoms with Crippen LogP contribution in [0.1, 0.15) is 28.8 Å². The third-order valence-electron chi connectivity index (χ3n) is 3.12. The van der Waals surface area contributed by atoms with E-state index in [-0.39, 0.29) is 17.7 Å². The van der Waals surface area contributed by atoms with E-state index in [0.29, 0.717) is 5.56 Å². The Balaban J connectivity index is 2.15. The van der Waals surface area contributed by atoms with Crippen molar-refractivity contribution in [2.75, 3.05) is 0 Å². The number of amides is 1. The molecule has 0 saturated heterocycles. The Morgan fingerprint density at radius 3 is 2.74 bits per heavy atom. The Labute approximate surface area is 120 Å². The number of hydrogen-bond acceptors (Lipinski definition) is 3. The molecule has 1 atom stereocenters. The lowest BCUT2D eigenvalue weighted by atomic mass is 10.1. The van der Waals surface area contributed by atoms with Gasteiger partial charge >= 0.3 is 0 Å². The van der Waals surface area contributed by atoms with Crippen LogP contribution in [0.25, 0.3) is 0 Å². The van der Waals surface area contributed by atoms with Crippen molar-refractivity contribution in [2.45, 2.75) is 25.8 Å². The van der Waals surface area contributed by atoms with Crippen LogP contribution in [0.3, 0.4) is 0 Å². The van der Waals surface area contributed by atoms with Gasteiger partial charge in [0.25, 0.3) is 5.91 Å². The van der Waals surface area contributed by atoms with Crippen LogP contribution in [0.5, 0.6) is 0 Å². The number of carbonyl (C=O) groups excluding carboxylic acids is 1. The summed E-state index contributed by atoms with van der Waals surface area (Å²) < 4.78 is 0.851. The van der Waals surface area contributed by atoms with Crippen LogP contribution in [-0.2, 0) is 0 Å². The minimum atomic E-state index is -0.392. The molecule has 0 aromatic heterocycles. The Hall–Kier alpha value is -1.56. The van der Waals surface area contributed by atoms with Gasteiger partial charge in [-0.25, -0.2) is 0 Å². The van der Waals surface area contributed by atoms with Crippen LogP contribution in [-0.4, -0.2) is 23.0 Å². The van der Waals surface area contributed by atoms with Crippen LogP contribution >= 0.6 is 15.9 Å². The first-order chi connectivity index (χ1) is 9.01. The fraction of sp³-hybridized carbons (Fsp3) is 0.385. The first-order valence-electron chi connectivity index (χ1n) is 6.06. The quantitative estimate of drug-likeness (QED) is 0.342. The number of benzene rings is 1. The van der Waals surface area contributed by atoms with E-state index in [1.54, 1.807) is 12.1 Å². The summed E-state index contributed by atoms with van der Waals surface area (Å²) >= 11 is 3.36. The van der Waals surface area contributed by atoms with Gasteiger partial charge in [0.2, 0.25) is 0 Å². The molecule has 2 rings (SSSR count). The zero-order valence-corrected chi connectivity index (χ0v) is 12.1. The van der Waals surface area contributed by atoms with E-state index in [2.05, 4.69) is 26.4 Å². The van der Waals surface area contributed by atoms with Crippen LogP contribution < -0.4 is 11.1 Å². The van der Waals surface area contributed by atoms with Crippen molar-refractivity contribution in [2.24, 2.45) is 16.8 Å².